The molecule has 0 bridgehead atoms. The second-order valence-electron chi connectivity index (χ2n) is 5.26. The van der Waals surface area contributed by atoms with Crippen molar-refractivity contribution in [1.29, 1.82) is 0 Å². The van der Waals surface area contributed by atoms with Crippen molar-refractivity contribution in [3.05, 3.63) is 40.9 Å². The SMILES string of the molecule is Nc1ccc2nc3c(c2c1)c1c(=O)[nH]c(O)c1c1nccn13. The van der Waals surface area contributed by atoms with E-state index in [1.54, 1.807) is 28.9 Å². The van der Waals surface area contributed by atoms with Gasteiger partial charge in [-0.05, 0) is 18.2 Å². The number of nitrogens with two attached hydrogens (primary N) is 1. The number of pyridine rings is 1. The zero-order valence-electron chi connectivity index (χ0n) is 11.2. The van der Waals surface area contributed by atoms with Crippen LogP contribution in [0.15, 0.2) is 35.4 Å². The fourth-order valence-corrected chi connectivity index (χ4v) is 3.14. The standard InChI is InChI=1S/C15H9N5O2/c16-6-1-2-8-7(5-6)9-10-11(15(22)19-14(10)21)12-17-3-4-20(12)13(9)18-8/h1-5,22H,16H2,(H,19,21). The Balaban J connectivity index is 2.28. The van der Waals surface area contributed by atoms with E-state index in [4.69, 9.17) is 5.73 Å². The van der Waals surface area contributed by atoms with Gasteiger partial charge in [0.1, 0.15) is 5.65 Å². The number of hydrogen-bond acceptors (Lipinski definition) is 5. The highest BCUT2D eigenvalue weighted by Crippen LogP contribution is 2.36. The number of benzene rings is 1. The smallest absolute Gasteiger partial charge is 0.259 e. The molecule has 0 saturated carbocycles. The summed E-state index contributed by atoms with van der Waals surface area (Å²) in [6, 6.07) is 5.37. The van der Waals surface area contributed by atoms with Crippen LogP contribution in [0.1, 0.15) is 0 Å². The lowest BCUT2D eigenvalue weighted by molar-refractivity contribution is 0.462. The van der Waals surface area contributed by atoms with Crippen LogP contribution in [0.2, 0.25) is 0 Å². The first-order valence-corrected chi connectivity index (χ1v) is 6.67. The van der Waals surface area contributed by atoms with Crippen LogP contribution in [0.5, 0.6) is 5.88 Å². The van der Waals surface area contributed by atoms with E-state index >= 15 is 0 Å². The Kier molecular flexibility index (Phi) is 1.78. The summed E-state index contributed by atoms with van der Waals surface area (Å²) in [6.45, 7) is 0. The van der Waals surface area contributed by atoms with Gasteiger partial charge in [-0.2, -0.15) is 0 Å². The molecule has 0 fully saturated rings. The van der Waals surface area contributed by atoms with Crippen molar-refractivity contribution in [3.63, 3.8) is 0 Å². The zero-order valence-corrected chi connectivity index (χ0v) is 11.2. The van der Waals surface area contributed by atoms with Gasteiger partial charge in [-0.1, -0.05) is 0 Å². The molecule has 0 aliphatic heterocycles. The van der Waals surface area contributed by atoms with Gasteiger partial charge in [0.15, 0.2) is 5.65 Å². The van der Waals surface area contributed by atoms with Crippen molar-refractivity contribution in [2.75, 3.05) is 5.73 Å². The van der Waals surface area contributed by atoms with Gasteiger partial charge in [-0.15, -0.1) is 0 Å². The van der Waals surface area contributed by atoms with E-state index in [9.17, 15) is 9.90 Å². The Morgan fingerprint density at radius 1 is 1.18 bits per heavy atom. The Hall–Kier alpha value is -3.35. The molecule has 0 atom stereocenters. The highest BCUT2D eigenvalue weighted by Gasteiger charge is 2.21. The maximum atomic E-state index is 12.3. The topological polar surface area (TPSA) is 109 Å². The molecule has 5 aromatic rings. The third-order valence-electron chi connectivity index (χ3n) is 4.03. The molecule has 0 radical (unpaired) electrons. The molecule has 7 heteroatoms. The molecule has 4 N–H and O–H groups in total. The number of rotatable bonds is 0. The van der Waals surface area contributed by atoms with Crippen LogP contribution >= 0.6 is 0 Å². The van der Waals surface area contributed by atoms with Gasteiger partial charge in [-0.25, -0.2) is 9.97 Å². The van der Waals surface area contributed by atoms with Crippen LogP contribution in [-0.2, 0) is 0 Å². The molecule has 4 aromatic heterocycles. The average Bonchev–Trinajstić information content (AvgIpc) is 3.14. The fourth-order valence-electron chi connectivity index (χ4n) is 3.14. The predicted molar refractivity (Wildman–Crippen MR) is 83.4 cm³/mol. The molecular weight excluding hydrogens is 282 g/mol. The maximum Gasteiger partial charge on any atom is 0.259 e. The molecular formula is C15H9N5O2. The molecule has 0 unspecified atom stereocenters. The van der Waals surface area contributed by atoms with Crippen LogP contribution in [0.3, 0.4) is 0 Å². The lowest BCUT2D eigenvalue weighted by atomic mass is 10.1. The summed E-state index contributed by atoms with van der Waals surface area (Å²) in [6.07, 6.45) is 3.36. The van der Waals surface area contributed by atoms with Gasteiger partial charge in [-0.3, -0.25) is 14.2 Å². The second kappa shape index (κ2) is 3.45. The average molecular weight is 291 g/mol. The molecule has 5 rings (SSSR count). The summed E-state index contributed by atoms with van der Waals surface area (Å²) < 4.78 is 1.76. The lowest BCUT2D eigenvalue weighted by Gasteiger charge is -1.99. The van der Waals surface area contributed by atoms with Crippen molar-refractivity contribution in [3.8, 4) is 5.88 Å². The van der Waals surface area contributed by atoms with Gasteiger partial charge < -0.3 is 10.8 Å². The Labute approximate surface area is 122 Å². The van der Waals surface area contributed by atoms with Crippen LogP contribution in [0, 0.1) is 0 Å². The number of hydrogen-bond donors (Lipinski definition) is 3. The molecule has 106 valence electrons. The van der Waals surface area contributed by atoms with E-state index in [-0.39, 0.29) is 11.4 Å². The molecule has 7 nitrogen and oxygen atoms in total. The van der Waals surface area contributed by atoms with Crippen LogP contribution < -0.4 is 11.3 Å². The zero-order chi connectivity index (χ0) is 15.0. The van der Waals surface area contributed by atoms with E-state index in [1.807, 2.05) is 6.07 Å². The number of H-pyrrole nitrogens is 1. The van der Waals surface area contributed by atoms with Crippen molar-refractivity contribution in [1.82, 2.24) is 19.4 Å². The number of aromatic hydroxyl groups is 1. The summed E-state index contributed by atoms with van der Waals surface area (Å²) in [5.41, 5.74) is 7.96. The number of aromatic amines is 1. The maximum absolute atomic E-state index is 12.3. The Morgan fingerprint density at radius 2 is 2.05 bits per heavy atom. The van der Waals surface area contributed by atoms with E-state index in [0.717, 1.165) is 10.9 Å². The number of nitrogens with zero attached hydrogens (tertiary/aromatic N) is 3. The van der Waals surface area contributed by atoms with Crippen LogP contribution in [0.25, 0.3) is 38.4 Å². The first kappa shape index (κ1) is 11.3. The molecule has 0 aliphatic carbocycles. The first-order valence-electron chi connectivity index (χ1n) is 6.67. The molecule has 0 spiro atoms. The molecule has 4 heterocycles. The van der Waals surface area contributed by atoms with Crippen molar-refractivity contribution in [2.24, 2.45) is 0 Å². The van der Waals surface area contributed by atoms with E-state index < -0.39 is 0 Å². The van der Waals surface area contributed by atoms with Gasteiger partial charge in [0.05, 0.1) is 16.3 Å². The molecule has 1 aromatic carbocycles. The van der Waals surface area contributed by atoms with Crippen molar-refractivity contribution >= 4 is 44.0 Å². The number of imidazole rings is 1. The Bertz CT molecular complexity index is 1270. The van der Waals surface area contributed by atoms with Crippen LogP contribution in [-0.4, -0.2) is 24.5 Å². The summed E-state index contributed by atoms with van der Waals surface area (Å²) in [4.78, 5) is 23.6. The van der Waals surface area contributed by atoms with Gasteiger partial charge in [0.25, 0.3) is 5.56 Å². The highest BCUT2D eigenvalue weighted by molar-refractivity contribution is 6.23. The number of nitrogens with one attached hydrogen (secondary N) is 1. The monoisotopic (exact) mass is 291 g/mol. The minimum absolute atomic E-state index is 0.184. The van der Waals surface area contributed by atoms with E-state index in [1.165, 1.54) is 0 Å². The quantitative estimate of drug-likeness (QED) is 0.375. The third kappa shape index (κ3) is 1.15. The van der Waals surface area contributed by atoms with Gasteiger partial charge in [0.2, 0.25) is 5.88 Å². The first-order chi connectivity index (χ1) is 10.6. The normalized spacial score (nSPS) is 12.2. The highest BCUT2D eigenvalue weighted by atomic mass is 16.3. The van der Waals surface area contributed by atoms with Gasteiger partial charge >= 0.3 is 0 Å². The second-order valence-corrected chi connectivity index (χ2v) is 5.26. The van der Waals surface area contributed by atoms with Crippen molar-refractivity contribution < 1.29 is 5.11 Å². The molecule has 0 aliphatic rings. The van der Waals surface area contributed by atoms with Gasteiger partial charge in [0, 0.05) is 28.9 Å². The number of fused-ring (bicyclic) bond motifs is 8. The van der Waals surface area contributed by atoms with E-state index in [2.05, 4.69) is 15.0 Å². The lowest BCUT2D eigenvalue weighted by Crippen LogP contribution is -1.98. The molecule has 22 heavy (non-hydrogen) atoms. The van der Waals surface area contributed by atoms with E-state index in [0.29, 0.717) is 33.1 Å². The summed E-state index contributed by atoms with van der Waals surface area (Å²) in [5, 5.41) is 12.3. The van der Waals surface area contributed by atoms with Crippen molar-refractivity contribution in [2.45, 2.75) is 0 Å². The summed E-state index contributed by atoms with van der Waals surface area (Å²) >= 11 is 0. The minimum atomic E-state index is -0.361. The number of anilines is 1. The molecule has 0 saturated heterocycles. The third-order valence-corrected chi connectivity index (χ3v) is 4.03. The van der Waals surface area contributed by atoms with Crippen LogP contribution in [0.4, 0.5) is 5.69 Å². The summed E-state index contributed by atoms with van der Waals surface area (Å²) in [7, 11) is 0. The number of aromatic nitrogens is 4. The number of nitrogen functional groups attached to an aromatic ring is 1. The molecule has 0 amide bonds. The Morgan fingerprint density at radius 3 is 2.91 bits per heavy atom. The predicted octanol–water partition coefficient (Wildman–Crippen LogP) is 1.60. The minimum Gasteiger partial charge on any atom is -0.494 e. The largest absolute Gasteiger partial charge is 0.494 e. The fraction of sp³-hybridized carbons (Fsp3) is 0. The summed E-state index contributed by atoms with van der Waals surface area (Å²) in [5.74, 6) is -0.184.